The summed E-state index contributed by atoms with van der Waals surface area (Å²) in [5.41, 5.74) is 4.54. The smallest absolute Gasteiger partial charge is 0.337 e. The minimum atomic E-state index is -0.968. The van der Waals surface area contributed by atoms with E-state index in [4.69, 9.17) is 0 Å². The van der Waals surface area contributed by atoms with Crippen molar-refractivity contribution in [3.63, 3.8) is 0 Å². The highest BCUT2D eigenvalue weighted by molar-refractivity contribution is 5.93. The van der Waals surface area contributed by atoms with Gasteiger partial charge in [0.2, 0.25) is 0 Å². The normalized spacial score (nSPS) is 11.1. The van der Waals surface area contributed by atoms with Crippen molar-refractivity contribution in [2.75, 3.05) is 7.11 Å². The molecule has 0 radical (unpaired) electrons. The summed E-state index contributed by atoms with van der Waals surface area (Å²) in [7, 11) is 1.32. The van der Waals surface area contributed by atoms with Crippen LogP contribution in [0, 0.1) is 0 Å². The Morgan fingerprint density at radius 3 is 2.04 bits per heavy atom. The Bertz CT molecular complexity index is 985. The summed E-state index contributed by atoms with van der Waals surface area (Å²) in [6, 6.07) is 24.5. The zero-order chi connectivity index (χ0) is 19.9. The molecule has 4 nitrogen and oxygen atoms in total. The summed E-state index contributed by atoms with van der Waals surface area (Å²) >= 11 is 0. The number of ether oxygens (including phenoxy) is 1. The van der Waals surface area contributed by atoms with Gasteiger partial charge in [0, 0.05) is 12.0 Å². The maximum atomic E-state index is 11.7. The monoisotopic (exact) mass is 372 g/mol. The molecule has 0 aromatic heterocycles. The first-order valence-electron chi connectivity index (χ1n) is 8.83. The number of benzene rings is 3. The quantitative estimate of drug-likeness (QED) is 0.496. The van der Waals surface area contributed by atoms with Gasteiger partial charge in [-0.05, 0) is 40.5 Å². The van der Waals surface area contributed by atoms with Gasteiger partial charge in [-0.3, -0.25) is 0 Å². The molecular formula is C24H20O4. The van der Waals surface area contributed by atoms with Crippen LogP contribution in [0.5, 0.6) is 0 Å². The molecule has 3 rings (SSSR count). The van der Waals surface area contributed by atoms with Gasteiger partial charge in [0.1, 0.15) is 0 Å². The van der Waals surface area contributed by atoms with E-state index in [9.17, 15) is 14.7 Å². The Kier molecular flexibility index (Phi) is 6.02. The topological polar surface area (TPSA) is 63.6 Å². The molecule has 1 N–H and O–H groups in total. The summed E-state index contributed by atoms with van der Waals surface area (Å²) in [4.78, 5) is 23.2. The highest BCUT2D eigenvalue weighted by Gasteiger charge is 2.10. The van der Waals surface area contributed by atoms with E-state index in [1.54, 1.807) is 30.3 Å². The molecule has 0 aliphatic heterocycles. The van der Waals surface area contributed by atoms with Crippen molar-refractivity contribution in [1.29, 1.82) is 0 Å². The number of aliphatic carboxylic acids is 1. The predicted molar refractivity (Wildman–Crippen MR) is 109 cm³/mol. The van der Waals surface area contributed by atoms with E-state index in [1.807, 2.05) is 54.6 Å². The summed E-state index contributed by atoms with van der Waals surface area (Å²) in [5.74, 6) is -1.39. The molecule has 4 heteroatoms. The molecule has 0 saturated heterocycles. The molecule has 0 bridgehead atoms. The third-order valence-corrected chi connectivity index (χ3v) is 4.40. The molecule has 140 valence electrons. The second kappa shape index (κ2) is 8.82. The Hall–Kier alpha value is -3.66. The van der Waals surface area contributed by atoms with Gasteiger partial charge < -0.3 is 9.84 Å². The molecule has 3 aromatic rings. The minimum absolute atomic E-state index is 0.276. The fourth-order valence-electron chi connectivity index (χ4n) is 2.89. The number of rotatable bonds is 6. The number of hydrogen-bond donors (Lipinski definition) is 1. The molecule has 28 heavy (non-hydrogen) atoms. The van der Waals surface area contributed by atoms with Crippen molar-refractivity contribution in [2.45, 2.75) is 6.42 Å². The van der Waals surface area contributed by atoms with Crippen molar-refractivity contribution < 1.29 is 19.4 Å². The van der Waals surface area contributed by atoms with E-state index in [0.29, 0.717) is 17.5 Å². The van der Waals surface area contributed by atoms with Gasteiger partial charge in [-0.1, -0.05) is 66.7 Å². The van der Waals surface area contributed by atoms with Crippen LogP contribution in [-0.2, 0) is 16.0 Å². The average molecular weight is 372 g/mol. The maximum absolute atomic E-state index is 11.7. The second-order valence-electron chi connectivity index (χ2n) is 6.33. The van der Waals surface area contributed by atoms with Crippen molar-refractivity contribution in [3.8, 4) is 11.1 Å². The van der Waals surface area contributed by atoms with Crippen LogP contribution in [0.3, 0.4) is 0 Å². The van der Waals surface area contributed by atoms with E-state index in [2.05, 4.69) is 4.74 Å². The molecule has 0 aliphatic carbocycles. The van der Waals surface area contributed by atoms with Crippen molar-refractivity contribution in [2.24, 2.45) is 0 Å². The van der Waals surface area contributed by atoms with E-state index >= 15 is 0 Å². The predicted octanol–water partition coefficient (Wildman–Crippen LogP) is 4.85. The Balaban J connectivity index is 1.78. The van der Waals surface area contributed by atoms with Crippen LogP contribution in [0.25, 0.3) is 17.2 Å². The fourth-order valence-corrected chi connectivity index (χ4v) is 2.89. The molecule has 0 fully saturated rings. The summed E-state index contributed by atoms with van der Waals surface area (Å²) in [6.45, 7) is 0. The van der Waals surface area contributed by atoms with Gasteiger partial charge in [0.05, 0.1) is 12.7 Å². The van der Waals surface area contributed by atoms with Crippen LogP contribution in [0.15, 0.2) is 84.4 Å². The molecule has 0 unspecified atom stereocenters. The van der Waals surface area contributed by atoms with Crippen LogP contribution in [0.4, 0.5) is 0 Å². The van der Waals surface area contributed by atoms with Gasteiger partial charge >= 0.3 is 11.9 Å². The third-order valence-electron chi connectivity index (χ3n) is 4.40. The highest BCUT2D eigenvalue weighted by Crippen LogP contribution is 2.21. The zero-order valence-corrected chi connectivity index (χ0v) is 15.5. The Labute approximate surface area is 163 Å². The standard InChI is InChI=1S/C24H20O4/c1-28-24(27)21-13-9-18(10-14-21)16-22(23(25)26)15-17-7-11-20(12-8-17)19-5-3-2-4-6-19/h2-14,16H,15H2,1H3,(H,25,26). The molecule has 0 spiro atoms. The number of carboxylic acids is 1. The number of esters is 1. The maximum Gasteiger partial charge on any atom is 0.337 e. The number of carboxylic acid groups (broad SMARTS) is 1. The molecule has 0 amide bonds. The fraction of sp³-hybridized carbons (Fsp3) is 0.0833. The molecule has 0 heterocycles. The molecule has 3 aromatic carbocycles. The van der Waals surface area contributed by atoms with Crippen LogP contribution in [-0.4, -0.2) is 24.2 Å². The summed E-state index contributed by atoms with van der Waals surface area (Å²) < 4.78 is 4.67. The van der Waals surface area contributed by atoms with Crippen LogP contribution in [0.2, 0.25) is 0 Å². The zero-order valence-electron chi connectivity index (χ0n) is 15.5. The average Bonchev–Trinajstić information content (AvgIpc) is 2.74. The van der Waals surface area contributed by atoms with Crippen molar-refractivity contribution in [1.82, 2.24) is 0 Å². The first-order chi connectivity index (χ1) is 13.6. The van der Waals surface area contributed by atoms with Gasteiger partial charge in [0.25, 0.3) is 0 Å². The van der Waals surface area contributed by atoms with Crippen LogP contribution in [0.1, 0.15) is 21.5 Å². The number of methoxy groups -OCH3 is 1. The first kappa shape index (κ1) is 19.1. The molecular weight excluding hydrogens is 352 g/mol. The number of carbonyl (C=O) groups excluding carboxylic acids is 1. The Morgan fingerprint density at radius 1 is 0.857 bits per heavy atom. The summed E-state index contributed by atoms with van der Waals surface area (Å²) in [6.07, 6.45) is 1.93. The van der Waals surface area contributed by atoms with Crippen molar-refractivity contribution in [3.05, 3.63) is 101 Å². The lowest BCUT2D eigenvalue weighted by Gasteiger charge is -2.06. The van der Waals surface area contributed by atoms with Crippen LogP contribution >= 0.6 is 0 Å². The van der Waals surface area contributed by atoms with Gasteiger partial charge in [-0.15, -0.1) is 0 Å². The Morgan fingerprint density at radius 2 is 1.46 bits per heavy atom. The SMILES string of the molecule is COC(=O)c1ccc(C=C(Cc2ccc(-c3ccccc3)cc2)C(=O)O)cc1. The van der Waals surface area contributed by atoms with E-state index in [0.717, 1.165) is 16.7 Å². The lowest BCUT2D eigenvalue weighted by atomic mass is 9.99. The molecule has 0 aliphatic rings. The van der Waals surface area contributed by atoms with E-state index in [-0.39, 0.29) is 5.57 Å². The number of carbonyl (C=O) groups is 2. The highest BCUT2D eigenvalue weighted by atomic mass is 16.5. The van der Waals surface area contributed by atoms with Gasteiger partial charge in [-0.25, -0.2) is 9.59 Å². The molecule has 0 saturated carbocycles. The van der Waals surface area contributed by atoms with Gasteiger partial charge in [0.15, 0.2) is 0 Å². The van der Waals surface area contributed by atoms with E-state index in [1.165, 1.54) is 7.11 Å². The number of hydrogen-bond acceptors (Lipinski definition) is 3. The van der Waals surface area contributed by atoms with Crippen molar-refractivity contribution >= 4 is 18.0 Å². The lowest BCUT2D eigenvalue weighted by Crippen LogP contribution is -2.04. The summed E-state index contributed by atoms with van der Waals surface area (Å²) in [5, 5.41) is 9.57. The minimum Gasteiger partial charge on any atom is -0.478 e. The second-order valence-corrected chi connectivity index (χ2v) is 6.33. The van der Waals surface area contributed by atoms with E-state index < -0.39 is 11.9 Å². The first-order valence-corrected chi connectivity index (χ1v) is 8.83. The third kappa shape index (κ3) is 4.74. The molecule has 0 atom stereocenters. The lowest BCUT2D eigenvalue weighted by molar-refractivity contribution is -0.132. The van der Waals surface area contributed by atoms with Crippen LogP contribution < -0.4 is 0 Å². The van der Waals surface area contributed by atoms with Gasteiger partial charge in [-0.2, -0.15) is 0 Å². The largest absolute Gasteiger partial charge is 0.478 e.